The number of carboxylic acid groups (broad SMARTS) is 1. The van der Waals surface area contributed by atoms with Gasteiger partial charge < -0.3 is 10.4 Å². The van der Waals surface area contributed by atoms with Crippen LogP contribution in [-0.4, -0.2) is 48.1 Å². The van der Waals surface area contributed by atoms with Gasteiger partial charge in [0.2, 0.25) is 5.91 Å². The molecule has 5 nitrogen and oxygen atoms in total. The molecule has 1 amide bonds. The second-order valence-electron chi connectivity index (χ2n) is 3.12. The Morgan fingerprint density at radius 2 is 2.25 bits per heavy atom. The quantitative estimate of drug-likeness (QED) is 0.530. The first-order chi connectivity index (χ1) is 5.52. The lowest BCUT2D eigenvalue weighted by Crippen LogP contribution is -2.68. The number of amides is 1. The minimum Gasteiger partial charge on any atom is -0.481 e. The molecule has 0 spiro atoms. The van der Waals surface area contributed by atoms with Crippen molar-refractivity contribution in [1.29, 1.82) is 0 Å². The first-order valence-electron chi connectivity index (χ1n) is 3.71. The fraction of sp³-hybridized carbons (Fsp3) is 0.714. The minimum atomic E-state index is -0.883. The molecule has 12 heavy (non-hydrogen) atoms. The van der Waals surface area contributed by atoms with Gasteiger partial charge in [0.15, 0.2) is 0 Å². The standard InChI is InChI=1S/C7H12N2O3/c1-9(2)6-4(3-5(10)11)8-7(6)12/h4,6H,3H2,1-2H3,(H,8,12)(H,10,11). The maximum Gasteiger partial charge on any atom is 0.305 e. The van der Waals surface area contributed by atoms with E-state index in [9.17, 15) is 9.59 Å². The predicted molar refractivity (Wildman–Crippen MR) is 41.7 cm³/mol. The molecule has 1 heterocycles. The molecular weight excluding hydrogens is 160 g/mol. The van der Waals surface area contributed by atoms with Crippen LogP contribution in [0.5, 0.6) is 0 Å². The highest BCUT2D eigenvalue weighted by atomic mass is 16.4. The van der Waals surface area contributed by atoms with Gasteiger partial charge in [0.05, 0.1) is 12.5 Å². The van der Waals surface area contributed by atoms with Crippen LogP contribution in [0.2, 0.25) is 0 Å². The summed E-state index contributed by atoms with van der Waals surface area (Å²) in [5, 5.41) is 11.0. The summed E-state index contributed by atoms with van der Waals surface area (Å²) in [6.07, 6.45) is -0.00537. The van der Waals surface area contributed by atoms with Crippen LogP contribution in [-0.2, 0) is 9.59 Å². The first-order valence-corrected chi connectivity index (χ1v) is 3.71. The molecule has 2 N–H and O–H groups in total. The number of carbonyl (C=O) groups is 2. The van der Waals surface area contributed by atoms with Gasteiger partial charge in [0.1, 0.15) is 6.04 Å². The third-order valence-electron chi connectivity index (χ3n) is 1.93. The molecule has 1 rings (SSSR count). The average Bonchev–Trinajstić information content (AvgIpc) is 1.82. The van der Waals surface area contributed by atoms with E-state index in [1.165, 1.54) is 0 Å². The van der Waals surface area contributed by atoms with E-state index in [2.05, 4.69) is 5.32 Å². The van der Waals surface area contributed by atoms with Gasteiger partial charge in [-0.25, -0.2) is 0 Å². The Labute approximate surface area is 70.4 Å². The summed E-state index contributed by atoms with van der Waals surface area (Å²) in [5.41, 5.74) is 0. The third kappa shape index (κ3) is 1.55. The zero-order valence-corrected chi connectivity index (χ0v) is 7.07. The molecule has 0 aromatic rings. The number of likely N-dealkylation sites (N-methyl/N-ethyl adjacent to an activating group) is 1. The third-order valence-corrected chi connectivity index (χ3v) is 1.93. The number of hydrogen-bond acceptors (Lipinski definition) is 3. The summed E-state index contributed by atoms with van der Waals surface area (Å²) in [5.74, 6) is -0.974. The smallest absolute Gasteiger partial charge is 0.305 e. The number of carboxylic acids is 1. The number of nitrogens with one attached hydrogen (secondary N) is 1. The van der Waals surface area contributed by atoms with Gasteiger partial charge in [0.25, 0.3) is 0 Å². The Hall–Kier alpha value is -1.10. The molecule has 0 radical (unpaired) electrons. The molecule has 1 saturated heterocycles. The highest BCUT2D eigenvalue weighted by molar-refractivity contribution is 5.90. The largest absolute Gasteiger partial charge is 0.481 e. The molecule has 1 fully saturated rings. The molecule has 0 aromatic heterocycles. The lowest BCUT2D eigenvalue weighted by molar-refractivity contribution is -0.143. The molecule has 68 valence electrons. The summed E-state index contributed by atoms with van der Waals surface area (Å²) in [6.45, 7) is 0. The van der Waals surface area contributed by atoms with E-state index in [0.29, 0.717) is 0 Å². The average molecular weight is 172 g/mol. The highest BCUT2D eigenvalue weighted by Crippen LogP contribution is 2.14. The highest BCUT2D eigenvalue weighted by Gasteiger charge is 2.41. The van der Waals surface area contributed by atoms with Gasteiger partial charge in [-0.1, -0.05) is 0 Å². The maximum absolute atomic E-state index is 10.9. The Balaban J connectivity index is 2.48. The van der Waals surface area contributed by atoms with Crippen molar-refractivity contribution in [3.8, 4) is 0 Å². The number of hydrogen-bond donors (Lipinski definition) is 2. The van der Waals surface area contributed by atoms with E-state index >= 15 is 0 Å². The molecule has 1 aliphatic heterocycles. The molecule has 0 aliphatic carbocycles. The zero-order chi connectivity index (χ0) is 9.30. The maximum atomic E-state index is 10.9. The molecule has 2 unspecified atom stereocenters. The predicted octanol–water partition coefficient (Wildman–Crippen LogP) is -1.11. The molecule has 0 bridgehead atoms. The Morgan fingerprint density at radius 3 is 2.58 bits per heavy atom. The van der Waals surface area contributed by atoms with Crippen LogP contribution in [0, 0.1) is 0 Å². The van der Waals surface area contributed by atoms with Crippen LogP contribution in [0.15, 0.2) is 0 Å². The van der Waals surface area contributed by atoms with Gasteiger partial charge in [-0.05, 0) is 14.1 Å². The van der Waals surface area contributed by atoms with Crippen LogP contribution in [0.25, 0.3) is 0 Å². The van der Waals surface area contributed by atoms with Gasteiger partial charge in [-0.3, -0.25) is 14.5 Å². The van der Waals surface area contributed by atoms with Crippen LogP contribution < -0.4 is 5.32 Å². The van der Waals surface area contributed by atoms with Crippen LogP contribution in [0.4, 0.5) is 0 Å². The summed E-state index contributed by atoms with van der Waals surface area (Å²) < 4.78 is 0. The molecular formula is C7H12N2O3. The Bertz CT molecular complexity index is 215. The van der Waals surface area contributed by atoms with E-state index in [1.54, 1.807) is 19.0 Å². The van der Waals surface area contributed by atoms with Crippen LogP contribution >= 0.6 is 0 Å². The van der Waals surface area contributed by atoms with Crippen molar-refractivity contribution in [2.45, 2.75) is 18.5 Å². The lowest BCUT2D eigenvalue weighted by Gasteiger charge is -2.39. The number of carbonyl (C=O) groups excluding carboxylic acids is 1. The topological polar surface area (TPSA) is 69.6 Å². The number of β-lactam (4-membered cyclic amide) rings is 1. The van der Waals surface area contributed by atoms with E-state index in [0.717, 1.165) is 0 Å². The van der Waals surface area contributed by atoms with E-state index in [-0.39, 0.29) is 24.4 Å². The zero-order valence-electron chi connectivity index (χ0n) is 7.07. The number of aliphatic carboxylic acids is 1. The summed E-state index contributed by atoms with van der Waals surface area (Å²) in [7, 11) is 3.52. The van der Waals surface area contributed by atoms with Crippen LogP contribution in [0.1, 0.15) is 6.42 Å². The SMILES string of the molecule is CN(C)C1C(=O)NC1CC(=O)O. The molecule has 1 aliphatic rings. The molecule has 0 aromatic carbocycles. The Morgan fingerprint density at radius 1 is 1.67 bits per heavy atom. The minimum absolute atomic E-state index is 0.00537. The van der Waals surface area contributed by atoms with Crippen molar-refractivity contribution < 1.29 is 14.7 Å². The van der Waals surface area contributed by atoms with Gasteiger partial charge >= 0.3 is 5.97 Å². The first kappa shape index (κ1) is 8.99. The molecule has 2 atom stereocenters. The lowest BCUT2D eigenvalue weighted by atomic mass is 9.95. The molecule has 5 heteroatoms. The van der Waals surface area contributed by atoms with Crippen molar-refractivity contribution in [3.05, 3.63) is 0 Å². The monoisotopic (exact) mass is 172 g/mol. The Kier molecular flexibility index (Phi) is 2.32. The van der Waals surface area contributed by atoms with Crippen molar-refractivity contribution in [2.24, 2.45) is 0 Å². The van der Waals surface area contributed by atoms with Gasteiger partial charge in [0, 0.05) is 0 Å². The van der Waals surface area contributed by atoms with Gasteiger partial charge in [-0.2, -0.15) is 0 Å². The fourth-order valence-electron chi connectivity index (χ4n) is 1.38. The fourth-order valence-corrected chi connectivity index (χ4v) is 1.38. The summed E-state index contributed by atoms with van der Waals surface area (Å²) in [4.78, 5) is 23.0. The van der Waals surface area contributed by atoms with E-state index < -0.39 is 5.97 Å². The van der Waals surface area contributed by atoms with Crippen molar-refractivity contribution in [1.82, 2.24) is 10.2 Å². The van der Waals surface area contributed by atoms with Crippen molar-refractivity contribution in [2.75, 3.05) is 14.1 Å². The second kappa shape index (κ2) is 3.10. The number of rotatable bonds is 3. The normalized spacial score (nSPS) is 28.1. The van der Waals surface area contributed by atoms with E-state index in [1.807, 2.05) is 0 Å². The van der Waals surface area contributed by atoms with Crippen molar-refractivity contribution >= 4 is 11.9 Å². The summed E-state index contributed by atoms with van der Waals surface area (Å²) >= 11 is 0. The van der Waals surface area contributed by atoms with Crippen molar-refractivity contribution in [3.63, 3.8) is 0 Å². The van der Waals surface area contributed by atoms with E-state index in [4.69, 9.17) is 5.11 Å². The second-order valence-corrected chi connectivity index (χ2v) is 3.12. The summed E-state index contributed by atoms with van der Waals surface area (Å²) in [6, 6.07) is -0.508. The molecule has 0 saturated carbocycles. The van der Waals surface area contributed by atoms with Crippen LogP contribution in [0.3, 0.4) is 0 Å². The van der Waals surface area contributed by atoms with Gasteiger partial charge in [-0.15, -0.1) is 0 Å². The number of nitrogens with zero attached hydrogens (tertiary/aromatic N) is 1.